The molecule has 2 heterocycles. The van der Waals surface area contributed by atoms with Crippen LogP contribution in [0.15, 0.2) is 29.9 Å². The molecular weight excluding hydrogens is 336 g/mol. The van der Waals surface area contributed by atoms with Crippen molar-refractivity contribution in [1.29, 1.82) is 0 Å². The predicted molar refractivity (Wildman–Crippen MR) is 94.8 cm³/mol. The summed E-state index contributed by atoms with van der Waals surface area (Å²) in [7, 11) is 0. The summed E-state index contributed by atoms with van der Waals surface area (Å²) >= 11 is 1.41. The number of nitrogens with zero attached hydrogens (tertiary/aromatic N) is 2. The van der Waals surface area contributed by atoms with Crippen LogP contribution in [0.2, 0.25) is 0 Å². The number of carbonyl (C=O) groups excluding carboxylic acids is 1. The van der Waals surface area contributed by atoms with Crippen molar-refractivity contribution in [3.63, 3.8) is 0 Å². The Labute approximate surface area is 149 Å². The predicted octanol–water partition coefficient (Wildman–Crippen LogP) is 2.56. The fourth-order valence-corrected chi connectivity index (χ4v) is 5.91. The van der Waals surface area contributed by atoms with Crippen LogP contribution >= 0.6 is 11.3 Å². The number of carbonyl (C=O) groups is 1. The second kappa shape index (κ2) is 5.51. The van der Waals surface area contributed by atoms with E-state index in [0.717, 1.165) is 31.4 Å². The lowest BCUT2D eigenvalue weighted by atomic mass is 9.76. The average molecular weight is 356 g/mol. The number of thiazole rings is 1. The van der Waals surface area contributed by atoms with E-state index in [2.05, 4.69) is 20.6 Å². The Bertz CT molecular complexity index is 806. The number of anilines is 2. The van der Waals surface area contributed by atoms with Gasteiger partial charge in [0.15, 0.2) is 5.13 Å². The van der Waals surface area contributed by atoms with E-state index in [4.69, 9.17) is 0 Å². The maximum absolute atomic E-state index is 12.6. The minimum Gasteiger partial charge on any atom is -0.390 e. The van der Waals surface area contributed by atoms with Crippen LogP contribution in [0.25, 0.3) is 0 Å². The van der Waals surface area contributed by atoms with E-state index >= 15 is 0 Å². The van der Waals surface area contributed by atoms with Crippen LogP contribution < -0.4 is 10.6 Å². The zero-order valence-electron chi connectivity index (χ0n) is 13.7. The Morgan fingerprint density at radius 2 is 2.20 bits per heavy atom. The number of hydrogen-bond donors (Lipinski definition) is 3. The summed E-state index contributed by atoms with van der Waals surface area (Å²) in [6, 6.07) is 3.95. The first-order valence-electron chi connectivity index (χ1n) is 8.75. The van der Waals surface area contributed by atoms with Gasteiger partial charge in [-0.05, 0) is 55.6 Å². The lowest BCUT2D eigenvalue weighted by molar-refractivity contribution is -0.0192. The first-order chi connectivity index (χ1) is 12.1. The Morgan fingerprint density at radius 3 is 3.00 bits per heavy atom. The van der Waals surface area contributed by atoms with Crippen molar-refractivity contribution < 1.29 is 9.90 Å². The van der Waals surface area contributed by atoms with Gasteiger partial charge in [0.1, 0.15) is 5.69 Å². The second-order valence-corrected chi connectivity index (χ2v) is 8.52. The first-order valence-corrected chi connectivity index (χ1v) is 9.63. The fraction of sp³-hybridized carbons (Fsp3) is 0.500. The Kier molecular flexibility index (Phi) is 3.36. The zero-order chi connectivity index (χ0) is 17.0. The summed E-state index contributed by atoms with van der Waals surface area (Å²) in [4.78, 5) is 21.1. The van der Waals surface area contributed by atoms with Gasteiger partial charge in [-0.25, -0.2) is 4.98 Å². The Hall–Kier alpha value is -1.99. The summed E-state index contributed by atoms with van der Waals surface area (Å²) in [6.45, 7) is 0. The molecule has 0 spiro atoms. The summed E-state index contributed by atoms with van der Waals surface area (Å²) in [5.41, 5.74) is 0.843. The number of aromatic nitrogens is 2. The quantitative estimate of drug-likeness (QED) is 0.784. The first kappa shape index (κ1) is 15.3. The molecule has 2 aromatic heterocycles. The van der Waals surface area contributed by atoms with E-state index in [1.165, 1.54) is 11.3 Å². The fourth-order valence-electron chi connectivity index (χ4n) is 5.20. The highest BCUT2D eigenvalue weighted by Gasteiger charge is 2.60. The number of nitrogens with one attached hydrogen (secondary N) is 2. The standard InChI is InChI=1S/C18H20N4O2S/c23-16(14-9-25-17(21-14)20-12-2-1-3-19-8-12)22-15-11-4-10-5-18(24,6-11)7-13(10)15/h1-3,8-11,13,15,24H,4-7H2,(H,20,21)(H,22,23). The maximum atomic E-state index is 12.6. The van der Waals surface area contributed by atoms with E-state index < -0.39 is 5.60 Å². The van der Waals surface area contributed by atoms with Gasteiger partial charge < -0.3 is 15.7 Å². The molecule has 0 saturated heterocycles. The molecule has 4 saturated carbocycles. The van der Waals surface area contributed by atoms with Gasteiger partial charge >= 0.3 is 0 Å². The van der Waals surface area contributed by atoms with Crippen molar-refractivity contribution in [3.05, 3.63) is 35.6 Å². The molecule has 0 aromatic carbocycles. The molecule has 25 heavy (non-hydrogen) atoms. The minimum atomic E-state index is -0.457. The molecule has 4 fully saturated rings. The van der Waals surface area contributed by atoms with Gasteiger partial charge in [0.05, 0.1) is 17.5 Å². The van der Waals surface area contributed by atoms with Crippen LogP contribution in [0, 0.1) is 17.8 Å². The third-order valence-electron chi connectivity index (χ3n) is 6.03. The highest BCUT2D eigenvalue weighted by molar-refractivity contribution is 7.14. The van der Waals surface area contributed by atoms with Crippen molar-refractivity contribution in [2.75, 3.05) is 5.32 Å². The van der Waals surface area contributed by atoms with E-state index in [0.29, 0.717) is 28.6 Å². The van der Waals surface area contributed by atoms with Crippen LogP contribution in [0.5, 0.6) is 0 Å². The molecule has 0 aliphatic heterocycles. The minimum absolute atomic E-state index is 0.108. The topological polar surface area (TPSA) is 87.1 Å². The number of rotatable bonds is 4. The number of hydrogen-bond acceptors (Lipinski definition) is 6. The Morgan fingerprint density at radius 1 is 1.32 bits per heavy atom. The third kappa shape index (κ3) is 2.62. The van der Waals surface area contributed by atoms with Crippen molar-refractivity contribution in [1.82, 2.24) is 15.3 Å². The largest absolute Gasteiger partial charge is 0.390 e. The van der Waals surface area contributed by atoms with Crippen molar-refractivity contribution in [2.24, 2.45) is 17.8 Å². The summed E-state index contributed by atoms with van der Waals surface area (Å²) in [6.07, 6.45) is 7.15. The third-order valence-corrected chi connectivity index (χ3v) is 6.79. The lowest BCUT2D eigenvalue weighted by Crippen LogP contribution is -2.48. The van der Waals surface area contributed by atoms with Gasteiger partial charge in [0, 0.05) is 17.6 Å². The van der Waals surface area contributed by atoms with E-state index in [1.54, 1.807) is 17.8 Å². The maximum Gasteiger partial charge on any atom is 0.271 e. The van der Waals surface area contributed by atoms with Gasteiger partial charge in [-0.15, -0.1) is 11.3 Å². The molecule has 4 aliphatic rings. The molecule has 5 atom stereocenters. The Balaban J connectivity index is 1.27. The van der Waals surface area contributed by atoms with Gasteiger partial charge in [-0.1, -0.05) is 0 Å². The molecule has 0 radical (unpaired) electrons. The van der Waals surface area contributed by atoms with Crippen LogP contribution in [-0.4, -0.2) is 32.6 Å². The molecule has 7 heteroatoms. The molecule has 2 aromatic rings. The van der Waals surface area contributed by atoms with Gasteiger partial charge in [0.25, 0.3) is 5.91 Å². The van der Waals surface area contributed by atoms with Crippen LogP contribution in [0.4, 0.5) is 10.8 Å². The summed E-state index contributed by atoms with van der Waals surface area (Å²) < 4.78 is 0. The highest BCUT2D eigenvalue weighted by atomic mass is 32.1. The lowest BCUT2D eigenvalue weighted by Gasteiger charge is -2.38. The summed E-state index contributed by atoms with van der Waals surface area (Å²) in [5, 5.41) is 19.3. The molecular formula is C18H20N4O2S. The van der Waals surface area contributed by atoms with Crippen LogP contribution in [0.1, 0.15) is 36.2 Å². The molecule has 3 N–H and O–H groups in total. The SMILES string of the molecule is O=C(NC1C2CC3CC(O)(C2)CC31)c1csc(Nc2cccnc2)n1. The van der Waals surface area contributed by atoms with Crippen molar-refractivity contribution in [2.45, 2.75) is 37.3 Å². The van der Waals surface area contributed by atoms with Gasteiger partial charge in [-0.3, -0.25) is 9.78 Å². The monoisotopic (exact) mass is 356 g/mol. The molecule has 1 amide bonds. The smallest absolute Gasteiger partial charge is 0.271 e. The second-order valence-electron chi connectivity index (χ2n) is 7.66. The number of aliphatic hydroxyl groups is 1. The van der Waals surface area contributed by atoms with Gasteiger partial charge in [0.2, 0.25) is 0 Å². The average Bonchev–Trinajstić information content (AvgIpc) is 3.21. The van der Waals surface area contributed by atoms with Crippen LogP contribution in [0.3, 0.4) is 0 Å². The normalized spacial score (nSPS) is 35.1. The van der Waals surface area contributed by atoms with E-state index in [1.807, 2.05) is 12.1 Å². The zero-order valence-corrected chi connectivity index (χ0v) is 14.5. The van der Waals surface area contributed by atoms with Crippen LogP contribution in [-0.2, 0) is 0 Å². The number of pyridine rings is 1. The van der Waals surface area contributed by atoms with Crippen molar-refractivity contribution in [3.8, 4) is 0 Å². The summed E-state index contributed by atoms with van der Waals surface area (Å²) in [5.74, 6) is 1.31. The number of amides is 1. The molecule has 6 rings (SSSR count). The van der Waals surface area contributed by atoms with E-state index in [-0.39, 0.29) is 11.9 Å². The molecule has 4 bridgehead atoms. The van der Waals surface area contributed by atoms with E-state index in [9.17, 15) is 9.90 Å². The van der Waals surface area contributed by atoms with Crippen molar-refractivity contribution >= 4 is 28.1 Å². The molecule has 6 nitrogen and oxygen atoms in total. The molecule has 4 aliphatic carbocycles. The molecule has 130 valence electrons. The molecule has 5 unspecified atom stereocenters. The highest BCUT2D eigenvalue weighted by Crippen LogP contribution is 2.59. The van der Waals surface area contributed by atoms with Gasteiger partial charge in [-0.2, -0.15) is 0 Å².